The van der Waals surface area contributed by atoms with Crippen molar-refractivity contribution in [2.24, 2.45) is 0 Å². The maximum atomic E-state index is 9.80. The van der Waals surface area contributed by atoms with Crippen LogP contribution in [0.5, 0.6) is 0 Å². The van der Waals surface area contributed by atoms with Crippen molar-refractivity contribution in [1.82, 2.24) is 19.6 Å². The van der Waals surface area contributed by atoms with Crippen LogP contribution >= 0.6 is 11.6 Å². The fourth-order valence-corrected chi connectivity index (χ4v) is 1.43. The van der Waals surface area contributed by atoms with Gasteiger partial charge in [0.1, 0.15) is 10.8 Å². The molecule has 0 unspecified atom stereocenters. The van der Waals surface area contributed by atoms with Gasteiger partial charge >= 0.3 is 0 Å². The Balaban J connectivity index is 2.80. The number of nitrogens with zero attached hydrogens (tertiary/aromatic N) is 4. The van der Waals surface area contributed by atoms with Crippen LogP contribution in [0.1, 0.15) is 19.7 Å². The molecule has 0 saturated heterocycles. The number of aliphatic hydroxyl groups is 1. The van der Waals surface area contributed by atoms with Crippen LogP contribution in [0.3, 0.4) is 0 Å². The standard InChI is InChI=1S/C8H9ClN4O/c1-8(2,14)7-12-11-6-4-10-3-5(9)13(6)7/h3-4,14H,1-2H3. The molecule has 0 amide bonds. The van der Waals surface area contributed by atoms with Crippen molar-refractivity contribution < 1.29 is 5.11 Å². The molecule has 0 fully saturated rings. The first-order valence-electron chi connectivity index (χ1n) is 4.07. The number of rotatable bonds is 1. The van der Waals surface area contributed by atoms with Crippen LogP contribution in [0.15, 0.2) is 12.4 Å². The summed E-state index contributed by atoms with van der Waals surface area (Å²) in [7, 11) is 0. The van der Waals surface area contributed by atoms with E-state index in [1.165, 1.54) is 12.4 Å². The van der Waals surface area contributed by atoms with E-state index < -0.39 is 5.60 Å². The Labute approximate surface area is 85.4 Å². The molecule has 0 atom stereocenters. The van der Waals surface area contributed by atoms with Crippen LogP contribution in [-0.4, -0.2) is 24.7 Å². The quantitative estimate of drug-likeness (QED) is 0.766. The highest BCUT2D eigenvalue weighted by molar-refractivity contribution is 6.29. The number of hydrogen-bond acceptors (Lipinski definition) is 4. The van der Waals surface area contributed by atoms with Crippen LogP contribution in [0.25, 0.3) is 5.65 Å². The second-order valence-electron chi connectivity index (χ2n) is 3.51. The molecule has 0 aromatic carbocycles. The Bertz CT molecular complexity index is 474. The average Bonchev–Trinajstić information content (AvgIpc) is 2.47. The van der Waals surface area contributed by atoms with E-state index in [-0.39, 0.29) is 0 Å². The van der Waals surface area contributed by atoms with Crippen LogP contribution < -0.4 is 0 Å². The molecular formula is C8H9ClN4O. The van der Waals surface area contributed by atoms with E-state index in [0.717, 1.165) is 0 Å². The van der Waals surface area contributed by atoms with Crippen molar-refractivity contribution in [2.45, 2.75) is 19.4 Å². The third kappa shape index (κ3) is 1.34. The van der Waals surface area contributed by atoms with Crippen molar-refractivity contribution in [3.05, 3.63) is 23.4 Å². The van der Waals surface area contributed by atoms with Gasteiger partial charge in [0.15, 0.2) is 11.5 Å². The third-order valence-corrected chi connectivity index (χ3v) is 2.09. The lowest BCUT2D eigenvalue weighted by Gasteiger charge is -2.14. The van der Waals surface area contributed by atoms with Gasteiger partial charge in [0.2, 0.25) is 0 Å². The van der Waals surface area contributed by atoms with E-state index in [2.05, 4.69) is 15.2 Å². The molecule has 0 aliphatic rings. The molecule has 0 bridgehead atoms. The molecule has 5 nitrogen and oxygen atoms in total. The normalized spacial score (nSPS) is 12.3. The van der Waals surface area contributed by atoms with Crippen molar-refractivity contribution in [1.29, 1.82) is 0 Å². The Hall–Kier alpha value is -1.20. The smallest absolute Gasteiger partial charge is 0.180 e. The van der Waals surface area contributed by atoms with Gasteiger partial charge < -0.3 is 5.11 Å². The summed E-state index contributed by atoms with van der Waals surface area (Å²) in [5, 5.41) is 17.9. The summed E-state index contributed by atoms with van der Waals surface area (Å²) in [5.41, 5.74) is -0.556. The zero-order valence-electron chi connectivity index (χ0n) is 7.77. The lowest BCUT2D eigenvalue weighted by atomic mass is 10.1. The predicted molar refractivity (Wildman–Crippen MR) is 51.0 cm³/mol. The van der Waals surface area contributed by atoms with Gasteiger partial charge in [-0.2, -0.15) is 0 Å². The summed E-state index contributed by atoms with van der Waals surface area (Å²) in [6, 6.07) is 0. The van der Waals surface area contributed by atoms with Crippen molar-refractivity contribution in [3.63, 3.8) is 0 Å². The van der Waals surface area contributed by atoms with Crippen molar-refractivity contribution in [3.8, 4) is 0 Å². The van der Waals surface area contributed by atoms with Crippen LogP contribution in [-0.2, 0) is 5.60 Å². The Kier molecular flexibility index (Phi) is 1.94. The minimum Gasteiger partial charge on any atom is -0.382 e. The number of fused-ring (bicyclic) bond motifs is 1. The molecule has 1 N–H and O–H groups in total. The molecule has 14 heavy (non-hydrogen) atoms. The lowest BCUT2D eigenvalue weighted by Crippen LogP contribution is -2.20. The average molecular weight is 213 g/mol. The molecule has 0 radical (unpaired) electrons. The minimum atomic E-state index is -1.08. The fraction of sp³-hybridized carbons (Fsp3) is 0.375. The summed E-state index contributed by atoms with van der Waals surface area (Å²) in [6.45, 7) is 3.25. The van der Waals surface area contributed by atoms with Gasteiger partial charge in [0.25, 0.3) is 0 Å². The molecule has 6 heteroatoms. The Morgan fingerprint density at radius 3 is 2.71 bits per heavy atom. The largest absolute Gasteiger partial charge is 0.382 e. The molecule has 0 aliphatic heterocycles. The van der Waals surface area contributed by atoms with Gasteiger partial charge in [-0.05, 0) is 13.8 Å². The highest BCUT2D eigenvalue weighted by Gasteiger charge is 2.24. The van der Waals surface area contributed by atoms with Crippen LogP contribution in [0.2, 0.25) is 5.15 Å². The first kappa shape index (κ1) is 9.36. The molecule has 0 aliphatic carbocycles. The second-order valence-corrected chi connectivity index (χ2v) is 3.89. The molecular weight excluding hydrogens is 204 g/mol. The summed E-state index contributed by atoms with van der Waals surface area (Å²) in [6.07, 6.45) is 3.02. The van der Waals surface area contributed by atoms with Crippen molar-refractivity contribution in [2.75, 3.05) is 0 Å². The highest BCUT2D eigenvalue weighted by Crippen LogP contribution is 2.21. The van der Waals surface area contributed by atoms with Gasteiger partial charge in [-0.15, -0.1) is 10.2 Å². The molecule has 2 heterocycles. The topological polar surface area (TPSA) is 63.3 Å². The SMILES string of the molecule is CC(C)(O)c1nnc2cncc(Cl)n12. The second kappa shape index (κ2) is 2.90. The number of halogens is 1. The fourth-order valence-electron chi connectivity index (χ4n) is 1.21. The summed E-state index contributed by atoms with van der Waals surface area (Å²) in [5.74, 6) is 0.403. The van der Waals surface area contributed by atoms with Gasteiger partial charge in [-0.1, -0.05) is 11.6 Å². The lowest BCUT2D eigenvalue weighted by molar-refractivity contribution is 0.0676. The number of hydrogen-bond donors (Lipinski definition) is 1. The number of aromatic nitrogens is 4. The van der Waals surface area contributed by atoms with E-state index in [4.69, 9.17) is 11.6 Å². The molecule has 0 spiro atoms. The highest BCUT2D eigenvalue weighted by atomic mass is 35.5. The summed E-state index contributed by atoms with van der Waals surface area (Å²) >= 11 is 5.92. The van der Waals surface area contributed by atoms with Crippen LogP contribution in [0.4, 0.5) is 0 Å². The summed E-state index contributed by atoms with van der Waals surface area (Å²) in [4.78, 5) is 3.87. The van der Waals surface area contributed by atoms with E-state index in [1.54, 1.807) is 18.2 Å². The van der Waals surface area contributed by atoms with E-state index >= 15 is 0 Å². The molecule has 2 rings (SSSR count). The van der Waals surface area contributed by atoms with Gasteiger partial charge in [0, 0.05) is 0 Å². The first-order valence-corrected chi connectivity index (χ1v) is 4.45. The molecule has 74 valence electrons. The third-order valence-electron chi connectivity index (χ3n) is 1.82. The zero-order chi connectivity index (χ0) is 10.3. The predicted octanol–water partition coefficient (Wildman–Crippen LogP) is 1.01. The van der Waals surface area contributed by atoms with Crippen LogP contribution in [0, 0.1) is 0 Å². The van der Waals surface area contributed by atoms with Gasteiger partial charge in [-0.25, -0.2) is 0 Å². The Morgan fingerprint density at radius 1 is 1.36 bits per heavy atom. The first-order chi connectivity index (χ1) is 6.50. The van der Waals surface area contributed by atoms with Gasteiger partial charge in [-0.3, -0.25) is 9.38 Å². The molecule has 2 aromatic heterocycles. The monoisotopic (exact) mass is 212 g/mol. The van der Waals surface area contributed by atoms with Gasteiger partial charge in [0.05, 0.1) is 12.4 Å². The summed E-state index contributed by atoms with van der Waals surface area (Å²) < 4.78 is 1.56. The van der Waals surface area contributed by atoms with E-state index in [0.29, 0.717) is 16.6 Å². The van der Waals surface area contributed by atoms with E-state index in [9.17, 15) is 5.11 Å². The van der Waals surface area contributed by atoms with Crippen molar-refractivity contribution >= 4 is 17.2 Å². The maximum Gasteiger partial charge on any atom is 0.180 e. The molecule has 2 aromatic rings. The van der Waals surface area contributed by atoms with E-state index in [1.807, 2.05) is 0 Å². The Morgan fingerprint density at radius 2 is 2.07 bits per heavy atom. The zero-order valence-corrected chi connectivity index (χ0v) is 8.52. The minimum absolute atomic E-state index is 0.379. The maximum absolute atomic E-state index is 9.80. The molecule has 0 saturated carbocycles.